The van der Waals surface area contributed by atoms with Crippen LogP contribution in [0, 0.1) is 0 Å². The Morgan fingerprint density at radius 2 is 1.93 bits per heavy atom. The molecule has 4 aromatic heterocycles. The Labute approximate surface area is 163 Å². The van der Waals surface area contributed by atoms with Crippen molar-refractivity contribution in [1.82, 2.24) is 24.3 Å². The molecule has 0 bridgehead atoms. The Morgan fingerprint density at radius 1 is 1.00 bits per heavy atom. The molecular weight excluding hydrogens is 350 g/mol. The zero-order valence-corrected chi connectivity index (χ0v) is 15.5. The van der Waals surface area contributed by atoms with Crippen LogP contribution in [-0.2, 0) is 11.3 Å². The van der Waals surface area contributed by atoms with Crippen LogP contribution in [0.15, 0.2) is 73.4 Å². The third kappa shape index (κ3) is 3.40. The minimum Gasteiger partial charge on any atom is -0.369 e. The van der Waals surface area contributed by atoms with E-state index in [9.17, 15) is 0 Å². The largest absolute Gasteiger partial charge is 0.369 e. The third-order valence-electron chi connectivity index (χ3n) is 5.10. The molecule has 0 amide bonds. The number of aromatic nitrogens is 4. The van der Waals surface area contributed by atoms with Crippen LogP contribution < -0.4 is 0 Å². The second-order valence-corrected chi connectivity index (χ2v) is 7.00. The predicted molar refractivity (Wildman–Crippen MR) is 107 cm³/mol. The van der Waals surface area contributed by atoms with Crippen molar-refractivity contribution in [2.75, 3.05) is 19.7 Å². The van der Waals surface area contributed by atoms with Crippen LogP contribution in [0.3, 0.4) is 0 Å². The van der Waals surface area contributed by atoms with E-state index in [1.165, 1.54) is 5.56 Å². The standard InChI is InChI=1S/C22H21N5O/c1-4-20(18-6-9-23-10-7-18)27-15-19(25-22(27)5-1)21-16-26(11-12-28-21)14-17-3-2-8-24-13-17/h1-10,13,15,21H,11-12,14,16H2. The van der Waals surface area contributed by atoms with Crippen molar-refractivity contribution in [1.29, 1.82) is 0 Å². The van der Waals surface area contributed by atoms with Gasteiger partial charge in [0, 0.05) is 56.2 Å². The van der Waals surface area contributed by atoms with Crippen molar-refractivity contribution in [3.63, 3.8) is 0 Å². The number of rotatable bonds is 4. The summed E-state index contributed by atoms with van der Waals surface area (Å²) in [5, 5.41) is 0. The Hall–Kier alpha value is -3.09. The molecule has 1 aliphatic heterocycles. The molecular formula is C22H21N5O. The molecule has 4 aromatic rings. The lowest BCUT2D eigenvalue weighted by Gasteiger charge is -2.32. The summed E-state index contributed by atoms with van der Waals surface area (Å²) in [6.45, 7) is 3.32. The molecule has 0 aromatic carbocycles. The molecule has 0 radical (unpaired) electrons. The number of fused-ring (bicyclic) bond motifs is 1. The molecule has 5 rings (SSSR count). The maximum atomic E-state index is 6.06. The van der Waals surface area contributed by atoms with Crippen LogP contribution >= 0.6 is 0 Å². The number of hydrogen-bond donors (Lipinski definition) is 0. The van der Waals surface area contributed by atoms with Crippen molar-refractivity contribution in [3.8, 4) is 11.3 Å². The Morgan fingerprint density at radius 3 is 2.79 bits per heavy atom. The summed E-state index contributed by atoms with van der Waals surface area (Å²) in [4.78, 5) is 15.6. The SMILES string of the molecule is c1cncc(CN2CCOC(c3cn4c(-c5ccncc5)cccc4n3)C2)c1. The van der Waals surface area contributed by atoms with Crippen molar-refractivity contribution in [3.05, 3.63) is 84.7 Å². The van der Waals surface area contributed by atoms with Gasteiger partial charge in [0.05, 0.1) is 18.0 Å². The smallest absolute Gasteiger partial charge is 0.137 e. The van der Waals surface area contributed by atoms with Crippen LogP contribution in [0.25, 0.3) is 16.9 Å². The fourth-order valence-corrected chi connectivity index (χ4v) is 3.72. The topological polar surface area (TPSA) is 55.6 Å². The molecule has 1 unspecified atom stereocenters. The van der Waals surface area contributed by atoms with E-state index < -0.39 is 0 Å². The molecule has 1 atom stereocenters. The quantitative estimate of drug-likeness (QED) is 0.551. The van der Waals surface area contributed by atoms with Gasteiger partial charge in [-0.25, -0.2) is 4.98 Å². The van der Waals surface area contributed by atoms with Gasteiger partial charge in [0.25, 0.3) is 0 Å². The first-order valence-electron chi connectivity index (χ1n) is 9.48. The lowest BCUT2D eigenvalue weighted by Crippen LogP contribution is -2.37. The maximum Gasteiger partial charge on any atom is 0.137 e. The minimum atomic E-state index is -0.0318. The predicted octanol–water partition coefficient (Wildman–Crippen LogP) is 3.36. The number of imidazole rings is 1. The molecule has 0 spiro atoms. The fraction of sp³-hybridized carbons (Fsp3) is 0.227. The first kappa shape index (κ1) is 17.0. The molecule has 28 heavy (non-hydrogen) atoms. The minimum absolute atomic E-state index is 0.0318. The van der Waals surface area contributed by atoms with Crippen LogP contribution in [0.2, 0.25) is 0 Å². The molecule has 0 N–H and O–H groups in total. The number of hydrogen-bond acceptors (Lipinski definition) is 5. The highest BCUT2D eigenvalue weighted by Gasteiger charge is 2.24. The summed E-state index contributed by atoms with van der Waals surface area (Å²) < 4.78 is 8.20. The van der Waals surface area contributed by atoms with Crippen LogP contribution in [0.4, 0.5) is 0 Å². The highest BCUT2D eigenvalue weighted by molar-refractivity contribution is 5.63. The summed E-state index contributed by atoms with van der Waals surface area (Å²) in [5.74, 6) is 0. The fourth-order valence-electron chi connectivity index (χ4n) is 3.72. The van der Waals surface area contributed by atoms with Gasteiger partial charge in [0.1, 0.15) is 11.8 Å². The summed E-state index contributed by atoms with van der Waals surface area (Å²) in [6, 6.07) is 14.3. The average molecular weight is 371 g/mol. The van der Waals surface area contributed by atoms with E-state index in [-0.39, 0.29) is 6.10 Å². The van der Waals surface area contributed by atoms with E-state index in [4.69, 9.17) is 9.72 Å². The second-order valence-electron chi connectivity index (χ2n) is 7.00. The molecule has 1 saturated heterocycles. The van der Waals surface area contributed by atoms with Crippen molar-refractivity contribution in [2.24, 2.45) is 0 Å². The zero-order chi connectivity index (χ0) is 18.8. The number of morpholine rings is 1. The van der Waals surface area contributed by atoms with E-state index >= 15 is 0 Å². The lowest BCUT2D eigenvalue weighted by molar-refractivity contribution is -0.0347. The van der Waals surface area contributed by atoms with Gasteiger partial charge < -0.3 is 4.74 Å². The Bertz CT molecular complexity index is 1060. The van der Waals surface area contributed by atoms with Gasteiger partial charge in [-0.15, -0.1) is 0 Å². The summed E-state index contributed by atoms with van der Waals surface area (Å²) in [6.07, 6.45) is 9.43. The van der Waals surface area contributed by atoms with Gasteiger partial charge in [-0.1, -0.05) is 12.1 Å². The van der Waals surface area contributed by atoms with Crippen LogP contribution in [0.5, 0.6) is 0 Å². The normalized spacial score (nSPS) is 17.8. The number of nitrogens with zero attached hydrogens (tertiary/aromatic N) is 5. The monoisotopic (exact) mass is 371 g/mol. The van der Waals surface area contributed by atoms with Gasteiger partial charge in [0.15, 0.2) is 0 Å². The highest BCUT2D eigenvalue weighted by Crippen LogP contribution is 2.26. The average Bonchev–Trinajstić information content (AvgIpc) is 3.20. The van der Waals surface area contributed by atoms with Gasteiger partial charge in [0.2, 0.25) is 0 Å². The van der Waals surface area contributed by atoms with Gasteiger partial charge >= 0.3 is 0 Å². The Kier molecular flexibility index (Phi) is 4.56. The molecule has 5 heterocycles. The Balaban J connectivity index is 1.41. The molecule has 1 fully saturated rings. The summed E-state index contributed by atoms with van der Waals surface area (Å²) in [7, 11) is 0. The molecule has 140 valence electrons. The number of ether oxygens (including phenoxy) is 1. The maximum absolute atomic E-state index is 6.06. The van der Waals surface area contributed by atoms with Crippen molar-refractivity contribution < 1.29 is 4.74 Å². The van der Waals surface area contributed by atoms with E-state index in [0.29, 0.717) is 6.61 Å². The zero-order valence-electron chi connectivity index (χ0n) is 15.5. The summed E-state index contributed by atoms with van der Waals surface area (Å²) >= 11 is 0. The first-order chi connectivity index (χ1) is 13.9. The van der Waals surface area contributed by atoms with E-state index in [1.54, 1.807) is 0 Å². The van der Waals surface area contributed by atoms with Gasteiger partial charge in [-0.3, -0.25) is 19.3 Å². The molecule has 1 aliphatic rings. The van der Waals surface area contributed by atoms with Gasteiger partial charge in [-0.05, 0) is 35.9 Å². The van der Waals surface area contributed by atoms with Crippen LogP contribution in [0.1, 0.15) is 17.4 Å². The van der Waals surface area contributed by atoms with E-state index in [1.807, 2.05) is 55.1 Å². The van der Waals surface area contributed by atoms with Crippen LogP contribution in [-0.4, -0.2) is 43.9 Å². The molecule has 6 heteroatoms. The highest BCUT2D eigenvalue weighted by atomic mass is 16.5. The lowest BCUT2D eigenvalue weighted by atomic mass is 10.1. The first-order valence-corrected chi connectivity index (χ1v) is 9.48. The molecule has 0 saturated carbocycles. The molecule has 0 aliphatic carbocycles. The third-order valence-corrected chi connectivity index (χ3v) is 5.10. The molecule has 6 nitrogen and oxygen atoms in total. The van der Waals surface area contributed by atoms with Crippen molar-refractivity contribution in [2.45, 2.75) is 12.6 Å². The summed E-state index contributed by atoms with van der Waals surface area (Å²) in [5.41, 5.74) is 5.34. The van der Waals surface area contributed by atoms with E-state index in [2.05, 4.69) is 37.6 Å². The van der Waals surface area contributed by atoms with Crippen molar-refractivity contribution >= 4 is 5.65 Å². The van der Waals surface area contributed by atoms with E-state index in [0.717, 1.165) is 42.2 Å². The number of pyridine rings is 3. The second kappa shape index (κ2) is 7.50. The van der Waals surface area contributed by atoms with Gasteiger partial charge in [-0.2, -0.15) is 0 Å².